The van der Waals surface area contributed by atoms with Crippen molar-refractivity contribution in [2.24, 2.45) is 10.9 Å². The summed E-state index contributed by atoms with van der Waals surface area (Å²) >= 11 is 0. The summed E-state index contributed by atoms with van der Waals surface area (Å²) in [7, 11) is 1.71. The van der Waals surface area contributed by atoms with Crippen LogP contribution in [0.3, 0.4) is 0 Å². The lowest BCUT2D eigenvalue weighted by atomic mass is 10.1. The van der Waals surface area contributed by atoms with Crippen LogP contribution in [0.15, 0.2) is 29.3 Å². The third-order valence-electron chi connectivity index (χ3n) is 4.27. The molecule has 1 aromatic rings. The summed E-state index contributed by atoms with van der Waals surface area (Å²) in [5.74, 6) is 1.39. The molecule has 0 aromatic heterocycles. The lowest BCUT2D eigenvalue weighted by Gasteiger charge is -2.21. The van der Waals surface area contributed by atoms with Crippen molar-refractivity contribution in [3.05, 3.63) is 35.4 Å². The highest BCUT2D eigenvalue weighted by molar-refractivity contribution is 5.80. The third-order valence-corrected chi connectivity index (χ3v) is 4.27. The Kier molecular flexibility index (Phi) is 7.11. The van der Waals surface area contributed by atoms with Crippen LogP contribution in [-0.4, -0.2) is 50.8 Å². The minimum atomic E-state index is -4.29. The van der Waals surface area contributed by atoms with Crippen molar-refractivity contribution in [3.8, 4) is 0 Å². The summed E-state index contributed by atoms with van der Waals surface area (Å²) in [5.41, 5.74) is 0.237. The number of methoxy groups -OCH3 is 1. The van der Waals surface area contributed by atoms with Gasteiger partial charge in [-0.05, 0) is 37.5 Å². The standard InChI is InChI=1S/C18H26F3N3O/c1-3-22-17(24-11-9-15(12-24)13-25-2)23-10-8-14-4-6-16(7-5-14)18(19,20)21/h4-7,15H,3,8-13H2,1-2H3,(H,22,23). The van der Waals surface area contributed by atoms with Gasteiger partial charge in [0.15, 0.2) is 5.96 Å². The Bertz CT molecular complexity index is 558. The van der Waals surface area contributed by atoms with Crippen molar-refractivity contribution in [1.82, 2.24) is 10.2 Å². The first kappa shape index (κ1) is 19.6. The Labute approximate surface area is 147 Å². The molecule has 25 heavy (non-hydrogen) atoms. The number of alkyl halides is 3. The SMILES string of the molecule is CCNC(=NCCc1ccc(C(F)(F)F)cc1)N1CCC(COC)C1. The molecule has 0 saturated carbocycles. The summed E-state index contributed by atoms with van der Waals surface area (Å²) in [6.07, 6.45) is -2.59. The first-order valence-electron chi connectivity index (χ1n) is 8.62. The Balaban J connectivity index is 1.91. The number of ether oxygens (including phenoxy) is 1. The maximum Gasteiger partial charge on any atom is 0.416 e. The zero-order chi connectivity index (χ0) is 18.3. The normalized spacial score (nSPS) is 18.7. The second-order valence-corrected chi connectivity index (χ2v) is 6.24. The third kappa shape index (κ3) is 5.92. The fraction of sp³-hybridized carbons (Fsp3) is 0.611. The molecule has 1 aliphatic heterocycles. The molecule has 1 atom stereocenters. The van der Waals surface area contributed by atoms with Gasteiger partial charge in [-0.3, -0.25) is 4.99 Å². The highest BCUT2D eigenvalue weighted by Gasteiger charge is 2.29. The molecule has 1 saturated heterocycles. The van der Waals surface area contributed by atoms with Gasteiger partial charge in [-0.15, -0.1) is 0 Å². The zero-order valence-electron chi connectivity index (χ0n) is 14.8. The number of hydrogen-bond donors (Lipinski definition) is 1. The molecule has 1 heterocycles. The minimum absolute atomic E-state index is 0.517. The van der Waals surface area contributed by atoms with Gasteiger partial charge in [0, 0.05) is 39.2 Å². The zero-order valence-corrected chi connectivity index (χ0v) is 14.8. The molecule has 0 amide bonds. The molecule has 1 fully saturated rings. The number of aliphatic imine (C=N–C) groups is 1. The highest BCUT2D eigenvalue weighted by atomic mass is 19.4. The molecule has 2 rings (SSSR count). The number of likely N-dealkylation sites (tertiary alicyclic amines) is 1. The van der Waals surface area contributed by atoms with Crippen LogP contribution in [0.2, 0.25) is 0 Å². The number of nitrogens with zero attached hydrogens (tertiary/aromatic N) is 2. The van der Waals surface area contributed by atoms with E-state index >= 15 is 0 Å². The van der Waals surface area contributed by atoms with Crippen molar-refractivity contribution in [3.63, 3.8) is 0 Å². The van der Waals surface area contributed by atoms with Gasteiger partial charge in [0.2, 0.25) is 0 Å². The molecule has 7 heteroatoms. The maximum atomic E-state index is 12.6. The van der Waals surface area contributed by atoms with Gasteiger partial charge in [0.1, 0.15) is 0 Å². The fourth-order valence-electron chi connectivity index (χ4n) is 2.97. The molecule has 0 bridgehead atoms. The van der Waals surface area contributed by atoms with E-state index in [0.717, 1.165) is 56.3 Å². The van der Waals surface area contributed by atoms with E-state index < -0.39 is 11.7 Å². The van der Waals surface area contributed by atoms with E-state index in [1.807, 2.05) is 6.92 Å². The fourth-order valence-corrected chi connectivity index (χ4v) is 2.97. The van der Waals surface area contributed by atoms with Gasteiger partial charge in [-0.1, -0.05) is 12.1 Å². The van der Waals surface area contributed by atoms with Crippen molar-refractivity contribution in [1.29, 1.82) is 0 Å². The van der Waals surface area contributed by atoms with E-state index in [1.165, 1.54) is 12.1 Å². The lowest BCUT2D eigenvalue weighted by molar-refractivity contribution is -0.137. The molecule has 1 aliphatic rings. The van der Waals surface area contributed by atoms with Crippen molar-refractivity contribution >= 4 is 5.96 Å². The predicted molar refractivity (Wildman–Crippen MR) is 92.7 cm³/mol. The predicted octanol–water partition coefficient (Wildman–Crippen LogP) is 3.18. The van der Waals surface area contributed by atoms with Crippen LogP contribution in [0.5, 0.6) is 0 Å². The van der Waals surface area contributed by atoms with Crippen LogP contribution in [0.4, 0.5) is 13.2 Å². The molecule has 140 valence electrons. The molecular formula is C18H26F3N3O. The summed E-state index contributed by atoms with van der Waals surface area (Å²) in [6.45, 7) is 5.96. The lowest BCUT2D eigenvalue weighted by Crippen LogP contribution is -2.40. The molecule has 0 radical (unpaired) electrons. The Hall–Kier alpha value is -1.76. The highest BCUT2D eigenvalue weighted by Crippen LogP contribution is 2.29. The van der Waals surface area contributed by atoms with Crippen molar-refractivity contribution < 1.29 is 17.9 Å². The summed E-state index contributed by atoms with van der Waals surface area (Å²) in [6, 6.07) is 5.30. The Morgan fingerprint density at radius 3 is 2.64 bits per heavy atom. The minimum Gasteiger partial charge on any atom is -0.384 e. The van der Waals surface area contributed by atoms with E-state index in [1.54, 1.807) is 7.11 Å². The number of benzene rings is 1. The van der Waals surface area contributed by atoms with Gasteiger partial charge in [-0.25, -0.2) is 0 Å². The first-order chi connectivity index (χ1) is 11.9. The van der Waals surface area contributed by atoms with Crippen molar-refractivity contribution in [2.45, 2.75) is 25.9 Å². The Morgan fingerprint density at radius 1 is 1.32 bits per heavy atom. The van der Waals surface area contributed by atoms with Crippen LogP contribution in [0.25, 0.3) is 0 Å². The molecule has 0 spiro atoms. The first-order valence-corrected chi connectivity index (χ1v) is 8.62. The molecule has 4 nitrogen and oxygen atoms in total. The van der Waals surface area contributed by atoms with Crippen LogP contribution in [-0.2, 0) is 17.3 Å². The van der Waals surface area contributed by atoms with E-state index in [0.29, 0.717) is 18.9 Å². The molecule has 0 aliphatic carbocycles. The molecule has 1 aromatic carbocycles. The van der Waals surface area contributed by atoms with E-state index in [-0.39, 0.29) is 0 Å². The number of guanidine groups is 1. The molecule has 1 unspecified atom stereocenters. The average molecular weight is 357 g/mol. The largest absolute Gasteiger partial charge is 0.416 e. The monoisotopic (exact) mass is 357 g/mol. The average Bonchev–Trinajstić information content (AvgIpc) is 3.02. The number of rotatable bonds is 6. The quantitative estimate of drug-likeness (QED) is 0.628. The van der Waals surface area contributed by atoms with Crippen LogP contribution < -0.4 is 5.32 Å². The van der Waals surface area contributed by atoms with Crippen molar-refractivity contribution in [2.75, 3.05) is 39.9 Å². The van der Waals surface area contributed by atoms with Gasteiger partial charge in [0.05, 0.1) is 12.2 Å². The van der Waals surface area contributed by atoms with Crippen LogP contribution >= 0.6 is 0 Å². The van der Waals surface area contributed by atoms with E-state index in [9.17, 15) is 13.2 Å². The number of halogens is 3. The van der Waals surface area contributed by atoms with Gasteiger partial charge in [-0.2, -0.15) is 13.2 Å². The van der Waals surface area contributed by atoms with E-state index in [2.05, 4.69) is 15.2 Å². The summed E-state index contributed by atoms with van der Waals surface area (Å²) in [5, 5.41) is 3.29. The molecule has 1 N–H and O–H groups in total. The summed E-state index contributed by atoms with van der Waals surface area (Å²) in [4.78, 5) is 6.85. The maximum absolute atomic E-state index is 12.6. The van der Waals surface area contributed by atoms with Gasteiger partial charge in [0.25, 0.3) is 0 Å². The van der Waals surface area contributed by atoms with Gasteiger partial charge < -0.3 is 15.0 Å². The summed E-state index contributed by atoms with van der Waals surface area (Å²) < 4.78 is 42.9. The second kappa shape index (κ2) is 9.08. The Morgan fingerprint density at radius 2 is 2.04 bits per heavy atom. The van der Waals surface area contributed by atoms with Crippen LogP contribution in [0, 0.1) is 5.92 Å². The second-order valence-electron chi connectivity index (χ2n) is 6.24. The topological polar surface area (TPSA) is 36.9 Å². The smallest absolute Gasteiger partial charge is 0.384 e. The van der Waals surface area contributed by atoms with Crippen LogP contribution in [0.1, 0.15) is 24.5 Å². The number of nitrogens with one attached hydrogen (secondary N) is 1. The molecular weight excluding hydrogens is 331 g/mol. The van der Waals surface area contributed by atoms with E-state index in [4.69, 9.17) is 4.74 Å². The van der Waals surface area contributed by atoms with Gasteiger partial charge >= 0.3 is 6.18 Å². The number of hydrogen-bond acceptors (Lipinski definition) is 2.